The zero-order chi connectivity index (χ0) is 23.1. The zero-order valence-electron chi connectivity index (χ0n) is 19.8. The van der Waals surface area contributed by atoms with Crippen molar-refractivity contribution in [2.45, 2.75) is 25.4 Å². The number of aromatic nitrogens is 4. The number of H-pyrrole nitrogens is 1. The van der Waals surface area contributed by atoms with E-state index in [9.17, 15) is 0 Å². The summed E-state index contributed by atoms with van der Waals surface area (Å²) in [5.41, 5.74) is 3.06. The van der Waals surface area contributed by atoms with Crippen molar-refractivity contribution in [1.82, 2.24) is 29.7 Å². The van der Waals surface area contributed by atoms with Gasteiger partial charge in [-0.2, -0.15) is 0 Å². The molecule has 0 spiro atoms. The lowest BCUT2D eigenvalue weighted by atomic mass is 10.0. The summed E-state index contributed by atoms with van der Waals surface area (Å²) >= 11 is 1.85. The minimum absolute atomic E-state index is 0.700. The summed E-state index contributed by atoms with van der Waals surface area (Å²) in [6.07, 6.45) is 8.14. The summed E-state index contributed by atoms with van der Waals surface area (Å²) < 4.78 is 6.81. The molecule has 6 heterocycles. The lowest BCUT2D eigenvalue weighted by molar-refractivity contribution is 0.122. The number of morpholine rings is 1. The number of anilines is 1. The van der Waals surface area contributed by atoms with Gasteiger partial charge in [0, 0.05) is 67.0 Å². The fourth-order valence-electron chi connectivity index (χ4n) is 5.12. The molecule has 0 radical (unpaired) electrons. The summed E-state index contributed by atoms with van der Waals surface area (Å²) in [6, 6.07) is 5.01. The van der Waals surface area contributed by atoms with E-state index >= 15 is 0 Å². The van der Waals surface area contributed by atoms with Gasteiger partial charge in [0.2, 0.25) is 0 Å². The third kappa shape index (κ3) is 4.17. The van der Waals surface area contributed by atoms with E-state index in [0.717, 1.165) is 79.6 Å². The van der Waals surface area contributed by atoms with Crippen molar-refractivity contribution in [3.8, 4) is 11.4 Å². The largest absolute Gasteiger partial charge is 0.378 e. The second-order valence-corrected chi connectivity index (χ2v) is 10.6. The van der Waals surface area contributed by atoms with Crippen LogP contribution in [0.3, 0.4) is 0 Å². The van der Waals surface area contributed by atoms with Crippen LogP contribution in [0, 0.1) is 0 Å². The van der Waals surface area contributed by atoms with Crippen LogP contribution >= 0.6 is 11.3 Å². The number of nitrogens with one attached hydrogen (secondary N) is 1. The molecule has 8 nitrogen and oxygen atoms in total. The molecule has 0 aliphatic carbocycles. The first-order valence-corrected chi connectivity index (χ1v) is 12.9. The normalized spacial score (nSPS) is 18.5. The van der Waals surface area contributed by atoms with E-state index in [-0.39, 0.29) is 0 Å². The summed E-state index contributed by atoms with van der Waals surface area (Å²) in [7, 11) is 4.39. The van der Waals surface area contributed by atoms with Crippen molar-refractivity contribution in [2.24, 2.45) is 0 Å². The Balaban J connectivity index is 1.36. The van der Waals surface area contributed by atoms with E-state index < -0.39 is 0 Å². The van der Waals surface area contributed by atoms with E-state index in [1.165, 1.54) is 22.4 Å². The van der Waals surface area contributed by atoms with Gasteiger partial charge in [0.1, 0.15) is 0 Å². The van der Waals surface area contributed by atoms with Crippen molar-refractivity contribution in [3.05, 3.63) is 35.6 Å². The van der Waals surface area contributed by atoms with Gasteiger partial charge in [-0.25, -0.2) is 9.97 Å². The van der Waals surface area contributed by atoms with Crippen molar-refractivity contribution < 1.29 is 4.74 Å². The average molecular weight is 478 g/mol. The van der Waals surface area contributed by atoms with Crippen molar-refractivity contribution in [2.75, 3.05) is 58.4 Å². The Kier molecular flexibility index (Phi) is 5.94. The second kappa shape index (κ2) is 9.22. The van der Waals surface area contributed by atoms with Gasteiger partial charge in [-0.3, -0.25) is 9.88 Å². The predicted octanol–water partition coefficient (Wildman–Crippen LogP) is 3.60. The highest BCUT2D eigenvalue weighted by molar-refractivity contribution is 7.19. The van der Waals surface area contributed by atoms with Crippen LogP contribution in [0.2, 0.25) is 0 Å². The summed E-state index contributed by atoms with van der Waals surface area (Å²) in [4.78, 5) is 26.4. The topological polar surface area (TPSA) is 73.4 Å². The number of aromatic amines is 1. The van der Waals surface area contributed by atoms with Gasteiger partial charge in [-0.05, 0) is 39.1 Å². The number of hydrogen-bond donors (Lipinski definition) is 1. The molecule has 178 valence electrons. The number of nitrogens with zero attached hydrogens (tertiary/aromatic N) is 6. The average Bonchev–Trinajstić information content (AvgIpc) is 3.48. The maximum atomic E-state index is 5.62. The number of hydrogen-bond acceptors (Lipinski definition) is 8. The molecule has 2 saturated heterocycles. The van der Waals surface area contributed by atoms with Crippen molar-refractivity contribution in [1.29, 1.82) is 0 Å². The van der Waals surface area contributed by atoms with Crippen LogP contribution in [0.4, 0.5) is 5.82 Å². The highest BCUT2D eigenvalue weighted by Crippen LogP contribution is 2.36. The van der Waals surface area contributed by atoms with Gasteiger partial charge in [0.25, 0.3) is 0 Å². The fourth-order valence-corrected chi connectivity index (χ4v) is 6.28. The maximum Gasteiger partial charge on any atom is 0.164 e. The van der Waals surface area contributed by atoms with Crippen molar-refractivity contribution in [3.63, 3.8) is 0 Å². The van der Waals surface area contributed by atoms with E-state index in [2.05, 4.69) is 44.8 Å². The Hall–Kier alpha value is -2.59. The molecule has 34 heavy (non-hydrogen) atoms. The monoisotopic (exact) mass is 477 g/mol. The molecule has 0 saturated carbocycles. The van der Waals surface area contributed by atoms with E-state index in [1.54, 1.807) is 0 Å². The molecule has 6 rings (SSSR count). The number of likely N-dealkylation sites (tertiary alicyclic amines) is 1. The smallest absolute Gasteiger partial charge is 0.164 e. The van der Waals surface area contributed by atoms with Crippen LogP contribution in [0.25, 0.3) is 32.5 Å². The Morgan fingerprint density at radius 2 is 1.97 bits per heavy atom. The van der Waals surface area contributed by atoms with Gasteiger partial charge in [-0.15, -0.1) is 11.3 Å². The van der Waals surface area contributed by atoms with Crippen LogP contribution < -0.4 is 4.90 Å². The molecule has 0 aromatic carbocycles. The van der Waals surface area contributed by atoms with Crippen molar-refractivity contribution >= 4 is 38.3 Å². The molecule has 0 amide bonds. The third-order valence-electron chi connectivity index (χ3n) is 7.11. The number of thiophene rings is 1. The van der Waals surface area contributed by atoms with Crippen LogP contribution in [0.5, 0.6) is 0 Å². The Morgan fingerprint density at radius 1 is 1.15 bits per heavy atom. The molecule has 2 aliphatic heterocycles. The van der Waals surface area contributed by atoms with Gasteiger partial charge < -0.3 is 19.5 Å². The van der Waals surface area contributed by atoms with Gasteiger partial charge in [0.05, 0.1) is 35.1 Å². The van der Waals surface area contributed by atoms with Crippen LogP contribution in [0.1, 0.15) is 17.7 Å². The highest BCUT2D eigenvalue weighted by atomic mass is 32.1. The van der Waals surface area contributed by atoms with E-state index in [0.29, 0.717) is 6.04 Å². The number of ether oxygens (including phenoxy) is 1. The quantitative estimate of drug-likeness (QED) is 0.471. The van der Waals surface area contributed by atoms with E-state index in [4.69, 9.17) is 14.7 Å². The SMILES string of the molecule is CN(C)C1CCN(Cc2cc3nc(-c4c[nH]c5cnccc45)nc(N4CCOCC4)c3s2)CC1. The minimum Gasteiger partial charge on any atom is -0.378 e. The Bertz CT molecular complexity index is 1290. The lowest BCUT2D eigenvalue weighted by Crippen LogP contribution is -2.41. The molecule has 4 aromatic rings. The summed E-state index contributed by atoms with van der Waals surface area (Å²) in [6.45, 7) is 6.46. The first kappa shape index (κ1) is 21.9. The zero-order valence-corrected chi connectivity index (χ0v) is 20.6. The maximum absolute atomic E-state index is 5.62. The lowest BCUT2D eigenvalue weighted by Gasteiger charge is -2.34. The number of fused-ring (bicyclic) bond motifs is 2. The number of rotatable bonds is 5. The molecule has 4 aromatic heterocycles. The predicted molar refractivity (Wildman–Crippen MR) is 138 cm³/mol. The fraction of sp³-hybridized carbons (Fsp3) is 0.480. The molecule has 0 atom stereocenters. The number of piperidine rings is 1. The first-order chi connectivity index (χ1) is 16.7. The Labute approximate surface area is 203 Å². The molecule has 2 fully saturated rings. The third-order valence-corrected chi connectivity index (χ3v) is 8.21. The summed E-state index contributed by atoms with van der Waals surface area (Å²) in [5, 5.41) is 1.10. The van der Waals surface area contributed by atoms with Gasteiger partial charge in [0.15, 0.2) is 11.6 Å². The molecule has 0 bridgehead atoms. The minimum atomic E-state index is 0.700. The van der Waals surface area contributed by atoms with Gasteiger partial charge in [-0.1, -0.05) is 0 Å². The first-order valence-electron chi connectivity index (χ1n) is 12.1. The standard InChI is InChI=1S/C25H31N7OS/c1-30(2)17-4-7-31(8-5-17)16-18-13-21-23(34-18)25(32-9-11-33-12-10-32)29-24(28-21)20-14-27-22-15-26-6-3-19(20)22/h3,6,13-15,17,27H,4-5,7-12,16H2,1-2H3. The molecule has 2 aliphatic rings. The molecular formula is C25H31N7OS. The van der Waals surface area contributed by atoms with Gasteiger partial charge >= 0.3 is 0 Å². The van der Waals surface area contributed by atoms with Crippen LogP contribution in [-0.4, -0.2) is 89.3 Å². The Morgan fingerprint density at radius 3 is 2.76 bits per heavy atom. The van der Waals surface area contributed by atoms with Crippen LogP contribution in [0.15, 0.2) is 30.7 Å². The second-order valence-electron chi connectivity index (χ2n) is 9.49. The summed E-state index contributed by atoms with van der Waals surface area (Å²) in [5.74, 6) is 1.80. The molecular weight excluding hydrogens is 446 g/mol. The highest BCUT2D eigenvalue weighted by Gasteiger charge is 2.24. The van der Waals surface area contributed by atoms with E-state index in [1.807, 2.05) is 36.0 Å². The number of pyridine rings is 1. The molecule has 0 unspecified atom stereocenters. The molecule has 1 N–H and O–H groups in total. The molecule has 9 heteroatoms. The van der Waals surface area contributed by atoms with Crippen LogP contribution in [-0.2, 0) is 11.3 Å².